The van der Waals surface area contributed by atoms with Crippen LogP contribution in [0.5, 0.6) is 0 Å². The number of hydrogen-bond donors (Lipinski definition) is 0. The summed E-state index contributed by atoms with van der Waals surface area (Å²) in [5.41, 5.74) is 9.46. The van der Waals surface area contributed by atoms with Gasteiger partial charge in [-0.3, -0.25) is 4.57 Å². The third-order valence-corrected chi connectivity index (χ3v) is 7.06. The Balaban J connectivity index is 1.43. The molecule has 0 aliphatic heterocycles. The van der Waals surface area contributed by atoms with Crippen molar-refractivity contribution >= 4 is 11.0 Å². The number of aryl methyl sites for hydroxylation is 1. The van der Waals surface area contributed by atoms with Crippen LogP contribution in [0.15, 0.2) is 134 Å². The summed E-state index contributed by atoms with van der Waals surface area (Å²) in [6.45, 7) is 2.04. The van der Waals surface area contributed by atoms with E-state index in [0.717, 1.165) is 61.9 Å². The van der Waals surface area contributed by atoms with Crippen molar-refractivity contribution in [3.05, 3.63) is 140 Å². The van der Waals surface area contributed by atoms with Gasteiger partial charge in [0, 0.05) is 22.4 Å². The minimum atomic E-state index is 0.768. The number of imidazole rings is 1. The van der Waals surface area contributed by atoms with Crippen LogP contribution in [-0.2, 0) is 0 Å². The second-order valence-corrected chi connectivity index (χ2v) is 9.46. The van der Waals surface area contributed by atoms with Gasteiger partial charge in [-0.25, -0.2) is 14.6 Å². The zero-order valence-electron chi connectivity index (χ0n) is 21.4. The maximum absolute atomic E-state index is 4.90. The van der Waals surface area contributed by atoms with E-state index >= 15 is 0 Å². The lowest BCUT2D eigenvalue weighted by Gasteiger charge is -2.17. The predicted molar refractivity (Wildman–Crippen MR) is 157 cm³/mol. The average Bonchev–Trinajstić information content (AvgIpc) is 3.61. The number of rotatable bonds is 5. The minimum Gasteiger partial charge on any atom is -0.297 e. The molecule has 186 valence electrons. The van der Waals surface area contributed by atoms with E-state index in [4.69, 9.17) is 15.1 Å². The highest BCUT2D eigenvalue weighted by Crippen LogP contribution is 2.37. The summed E-state index contributed by atoms with van der Waals surface area (Å²) >= 11 is 0. The summed E-state index contributed by atoms with van der Waals surface area (Å²) in [6.07, 6.45) is 1.63. The predicted octanol–water partition coefficient (Wildman–Crippen LogP) is 7.92. The van der Waals surface area contributed by atoms with E-state index in [1.807, 2.05) is 41.9 Å². The lowest BCUT2D eigenvalue weighted by atomic mass is 9.95. The molecule has 0 spiro atoms. The molecule has 0 N–H and O–H groups in total. The number of nitrogens with zero attached hydrogens (tertiary/aromatic N) is 5. The first-order chi connectivity index (χ1) is 19.3. The van der Waals surface area contributed by atoms with Crippen molar-refractivity contribution in [1.82, 2.24) is 24.3 Å². The molecule has 0 fully saturated rings. The van der Waals surface area contributed by atoms with Gasteiger partial charge in [-0.1, -0.05) is 97.1 Å². The third-order valence-electron chi connectivity index (χ3n) is 7.06. The Bertz CT molecular complexity index is 1840. The summed E-state index contributed by atoms with van der Waals surface area (Å²) in [5.74, 6) is 1.71. The summed E-state index contributed by atoms with van der Waals surface area (Å²) < 4.78 is 4.15. The second-order valence-electron chi connectivity index (χ2n) is 9.46. The Morgan fingerprint density at radius 3 is 1.85 bits per heavy atom. The van der Waals surface area contributed by atoms with Crippen LogP contribution in [-0.4, -0.2) is 24.3 Å². The van der Waals surface area contributed by atoms with Gasteiger partial charge in [0.15, 0.2) is 5.82 Å². The molecule has 2 heterocycles. The molecule has 0 atom stereocenters. The molecule has 2 aromatic heterocycles. The van der Waals surface area contributed by atoms with E-state index in [1.54, 1.807) is 6.33 Å². The van der Waals surface area contributed by atoms with Gasteiger partial charge in [-0.2, -0.15) is 5.10 Å². The zero-order valence-corrected chi connectivity index (χ0v) is 21.4. The molecule has 5 nitrogen and oxygen atoms in total. The van der Waals surface area contributed by atoms with Crippen LogP contribution in [0.25, 0.3) is 56.0 Å². The topological polar surface area (TPSA) is 48.5 Å². The second kappa shape index (κ2) is 9.54. The van der Waals surface area contributed by atoms with Crippen LogP contribution in [0.1, 0.15) is 5.82 Å². The lowest BCUT2D eigenvalue weighted by molar-refractivity contribution is 0.890. The van der Waals surface area contributed by atoms with Gasteiger partial charge in [0.2, 0.25) is 0 Å². The molecular weight excluding hydrogens is 478 g/mol. The Hall–Kier alpha value is -5.29. The quantitative estimate of drug-likeness (QED) is 0.240. The first-order valence-corrected chi connectivity index (χ1v) is 13.0. The minimum absolute atomic E-state index is 0.768. The smallest absolute Gasteiger partial charge is 0.163 e. The molecule has 0 radical (unpaired) electrons. The summed E-state index contributed by atoms with van der Waals surface area (Å²) in [4.78, 5) is 9.64. The van der Waals surface area contributed by atoms with Gasteiger partial charge >= 0.3 is 0 Å². The highest BCUT2D eigenvalue weighted by atomic mass is 15.3. The Kier molecular flexibility index (Phi) is 5.60. The molecule has 0 saturated carbocycles. The summed E-state index contributed by atoms with van der Waals surface area (Å²) in [7, 11) is 0. The number of benzene rings is 5. The van der Waals surface area contributed by atoms with Crippen LogP contribution >= 0.6 is 0 Å². The van der Waals surface area contributed by atoms with E-state index in [1.165, 1.54) is 0 Å². The largest absolute Gasteiger partial charge is 0.297 e. The van der Waals surface area contributed by atoms with Crippen LogP contribution in [0.2, 0.25) is 0 Å². The average molecular weight is 504 g/mol. The lowest BCUT2D eigenvalue weighted by Crippen LogP contribution is -2.04. The summed E-state index contributed by atoms with van der Waals surface area (Å²) in [6, 6.07) is 43.9. The van der Waals surface area contributed by atoms with Crippen molar-refractivity contribution in [3.8, 4) is 45.0 Å². The third kappa shape index (κ3) is 4.01. The molecule has 0 aliphatic carbocycles. The molecule has 7 rings (SSSR count). The van der Waals surface area contributed by atoms with Gasteiger partial charge in [-0.05, 0) is 48.4 Å². The maximum atomic E-state index is 4.90. The molecule has 0 aliphatic rings. The van der Waals surface area contributed by atoms with E-state index in [2.05, 4.69) is 102 Å². The van der Waals surface area contributed by atoms with Crippen molar-refractivity contribution < 1.29 is 0 Å². The van der Waals surface area contributed by atoms with Crippen molar-refractivity contribution in [2.45, 2.75) is 6.92 Å². The SMILES string of the molecule is Cc1nc2cc(-c3ncnn3-c3c(-c4ccccc4)cccc3-c3ccccc3)ccc2n1-c1ccccc1. The number of hydrogen-bond acceptors (Lipinski definition) is 3. The standard InChI is InChI=1S/C34H25N5/c1-24-37-31-22-27(20-21-32(31)38(24)28-16-9-4-10-17-28)34-35-23-36-39(34)33-29(25-12-5-2-6-13-25)18-11-19-30(33)26-14-7-3-8-15-26/h2-23H,1H3. The fourth-order valence-corrected chi connectivity index (χ4v) is 5.32. The fourth-order valence-electron chi connectivity index (χ4n) is 5.32. The number of aromatic nitrogens is 5. The number of para-hydroxylation sites is 2. The van der Waals surface area contributed by atoms with E-state index in [9.17, 15) is 0 Å². The van der Waals surface area contributed by atoms with E-state index in [-0.39, 0.29) is 0 Å². The Morgan fingerprint density at radius 2 is 1.21 bits per heavy atom. The molecule has 0 saturated heterocycles. The highest BCUT2D eigenvalue weighted by Gasteiger charge is 2.20. The molecule has 39 heavy (non-hydrogen) atoms. The Labute approximate surface area is 226 Å². The molecular formula is C34H25N5. The van der Waals surface area contributed by atoms with Gasteiger partial charge in [0.25, 0.3) is 0 Å². The van der Waals surface area contributed by atoms with E-state index in [0.29, 0.717) is 0 Å². The van der Waals surface area contributed by atoms with Crippen molar-refractivity contribution in [1.29, 1.82) is 0 Å². The highest BCUT2D eigenvalue weighted by molar-refractivity contribution is 5.87. The molecule has 0 unspecified atom stereocenters. The molecule has 0 amide bonds. The van der Waals surface area contributed by atoms with Crippen LogP contribution in [0, 0.1) is 6.92 Å². The van der Waals surface area contributed by atoms with Gasteiger partial charge in [0.05, 0.1) is 16.7 Å². The maximum Gasteiger partial charge on any atom is 0.163 e. The molecule has 7 aromatic rings. The van der Waals surface area contributed by atoms with Gasteiger partial charge in [0.1, 0.15) is 12.2 Å². The first kappa shape index (κ1) is 22.9. The van der Waals surface area contributed by atoms with Gasteiger partial charge in [-0.15, -0.1) is 0 Å². The molecule has 0 bridgehead atoms. The molecule has 5 aromatic carbocycles. The zero-order chi connectivity index (χ0) is 26.2. The monoisotopic (exact) mass is 503 g/mol. The van der Waals surface area contributed by atoms with Crippen LogP contribution in [0.4, 0.5) is 0 Å². The van der Waals surface area contributed by atoms with Crippen LogP contribution in [0.3, 0.4) is 0 Å². The van der Waals surface area contributed by atoms with Crippen LogP contribution < -0.4 is 0 Å². The normalized spacial score (nSPS) is 11.2. The summed E-state index contributed by atoms with van der Waals surface area (Å²) in [5, 5.41) is 4.77. The number of fused-ring (bicyclic) bond motifs is 1. The van der Waals surface area contributed by atoms with Gasteiger partial charge < -0.3 is 0 Å². The fraction of sp³-hybridized carbons (Fsp3) is 0.0294. The Morgan fingerprint density at radius 1 is 0.590 bits per heavy atom. The van der Waals surface area contributed by atoms with Crippen molar-refractivity contribution in [3.63, 3.8) is 0 Å². The van der Waals surface area contributed by atoms with Crippen molar-refractivity contribution in [2.75, 3.05) is 0 Å². The first-order valence-electron chi connectivity index (χ1n) is 13.0. The van der Waals surface area contributed by atoms with E-state index < -0.39 is 0 Å². The molecule has 5 heteroatoms. The van der Waals surface area contributed by atoms with Crippen molar-refractivity contribution in [2.24, 2.45) is 0 Å².